The number of benzene rings is 5. The van der Waals surface area contributed by atoms with Crippen molar-refractivity contribution < 1.29 is 0 Å². The maximum atomic E-state index is 2.23. The van der Waals surface area contributed by atoms with Gasteiger partial charge in [-0.05, 0) is 69.5 Å². The van der Waals surface area contributed by atoms with Crippen LogP contribution in [0.3, 0.4) is 0 Å². The Morgan fingerprint density at radius 2 is 0.675 bits per heavy atom. The summed E-state index contributed by atoms with van der Waals surface area (Å²) in [6.45, 7) is 4.32. The summed E-state index contributed by atoms with van der Waals surface area (Å²) in [5, 5.41) is 0. The highest BCUT2D eigenvalue weighted by Crippen LogP contribution is 2.21. The van der Waals surface area contributed by atoms with Gasteiger partial charge in [0.15, 0.2) is 0 Å². The fourth-order valence-corrected chi connectivity index (χ4v) is 4.66. The molecule has 5 rings (SSSR count). The van der Waals surface area contributed by atoms with E-state index in [9.17, 15) is 0 Å². The van der Waals surface area contributed by atoms with Crippen molar-refractivity contribution >= 4 is 47.6 Å². The first-order chi connectivity index (χ1) is 19.6. The summed E-state index contributed by atoms with van der Waals surface area (Å²) >= 11 is 0. The Labute approximate surface area is 239 Å². The van der Waals surface area contributed by atoms with Crippen LogP contribution in [0.5, 0.6) is 0 Å². The van der Waals surface area contributed by atoms with Crippen molar-refractivity contribution in [3.8, 4) is 0 Å². The highest BCUT2D eigenvalue weighted by atomic mass is 14.0. The van der Waals surface area contributed by atoms with E-state index in [-0.39, 0.29) is 0 Å². The van der Waals surface area contributed by atoms with Gasteiger partial charge in [0.05, 0.1) is 0 Å². The van der Waals surface area contributed by atoms with Gasteiger partial charge in [-0.15, -0.1) is 0 Å². The molecule has 0 N–H and O–H groups in total. The Kier molecular flexibility index (Phi) is 8.81. The molecular weight excluding hydrogens is 480 g/mol. The molecule has 0 aliphatic carbocycles. The molecule has 0 amide bonds. The molecule has 0 spiro atoms. The van der Waals surface area contributed by atoms with E-state index < -0.39 is 0 Å². The van der Waals surface area contributed by atoms with Gasteiger partial charge in [-0.2, -0.15) is 0 Å². The van der Waals surface area contributed by atoms with E-state index in [0.717, 1.165) is 0 Å². The highest BCUT2D eigenvalue weighted by Gasteiger charge is 1.99. The normalized spacial score (nSPS) is 12.3. The lowest BCUT2D eigenvalue weighted by atomic mass is 10.0. The van der Waals surface area contributed by atoms with E-state index in [0.29, 0.717) is 0 Å². The van der Waals surface area contributed by atoms with Crippen molar-refractivity contribution in [2.75, 3.05) is 0 Å². The lowest BCUT2D eigenvalue weighted by Gasteiger charge is -2.04. The van der Waals surface area contributed by atoms with Gasteiger partial charge < -0.3 is 0 Å². The Balaban J connectivity index is 1.26. The third kappa shape index (κ3) is 7.34. The van der Waals surface area contributed by atoms with Crippen LogP contribution >= 0.6 is 0 Å². The molecule has 5 aromatic carbocycles. The number of hydrogen-bond acceptors (Lipinski definition) is 0. The summed E-state index contributed by atoms with van der Waals surface area (Å²) in [7, 11) is 0. The van der Waals surface area contributed by atoms with Gasteiger partial charge in [-0.25, -0.2) is 0 Å². The summed E-state index contributed by atoms with van der Waals surface area (Å²) in [6, 6.07) is 46.9. The van der Waals surface area contributed by atoms with Crippen LogP contribution < -0.4 is 0 Å². The smallest absolute Gasteiger partial charge is 0.0184 e. The molecule has 0 atom stereocenters. The predicted octanol–water partition coefficient (Wildman–Crippen LogP) is 11.1. The van der Waals surface area contributed by atoms with Crippen LogP contribution in [0.15, 0.2) is 133 Å². The first kappa shape index (κ1) is 26.7. The molecule has 0 saturated carbocycles. The first-order valence-corrected chi connectivity index (χ1v) is 13.8. The Morgan fingerprint density at radius 3 is 1.05 bits per heavy atom. The maximum absolute atomic E-state index is 2.23. The third-order valence-corrected chi connectivity index (χ3v) is 7.00. The number of rotatable bonds is 8. The van der Waals surface area contributed by atoms with Gasteiger partial charge >= 0.3 is 0 Å². The zero-order valence-corrected chi connectivity index (χ0v) is 23.2. The molecule has 40 heavy (non-hydrogen) atoms. The number of hydrogen-bond donors (Lipinski definition) is 0. The molecule has 0 aliphatic rings. The molecule has 0 heterocycles. The fraction of sp³-hybridized carbons (Fsp3) is 0.0500. The molecule has 194 valence electrons. The van der Waals surface area contributed by atoms with E-state index in [2.05, 4.69) is 184 Å². The highest BCUT2D eigenvalue weighted by molar-refractivity contribution is 5.83. The lowest BCUT2D eigenvalue weighted by Crippen LogP contribution is -1.82. The summed E-state index contributed by atoms with van der Waals surface area (Å²) < 4.78 is 0. The monoisotopic (exact) mass is 514 g/mol. The zero-order valence-electron chi connectivity index (χ0n) is 23.2. The quantitative estimate of drug-likeness (QED) is 0.181. The average Bonchev–Trinajstić information content (AvgIpc) is 3.01. The van der Waals surface area contributed by atoms with Crippen LogP contribution in [0.1, 0.15) is 58.4 Å². The molecule has 0 aromatic heterocycles. The van der Waals surface area contributed by atoms with Crippen LogP contribution in [0.4, 0.5) is 0 Å². The van der Waals surface area contributed by atoms with Crippen LogP contribution in [0.25, 0.3) is 47.6 Å². The van der Waals surface area contributed by atoms with Crippen LogP contribution in [-0.2, 0) is 0 Å². The molecule has 0 heteroatoms. The van der Waals surface area contributed by atoms with Gasteiger partial charge in [0, 0.05) is 0 Å². The minimum Gasteiger partial charge on any atom is -0.0622 e. The molecule has 0 fully saturated rings. The van der Waals surface area contributed by atoms with E-state index >= 15 is 0 Å². The second-order valence-corrected chi connectivity index (χ2v) is 10.0. The van der Waals surface area contributed by atoms with Gasteiger partial charge in [0.1, 0.15) is 0 Å². The molecular formula is C40H34. The second kappa shape index (κ2) is 13.2. The van der Waals surface area contributed by atoms with Crippen molar-refractivity contribution in [3.63, 3.8) is 0 Å². The minimum absolute atomic E-state index is 1.18. The van der Waals surface area contributed by atoms with Gasteiger partial charge in [-0.1, -0.05) is 170 Å². The molecule has 0 saturated heterocycles. The van der Waals surface area contributed by atoms with Gasteiger partial charge in [-0.3, -0.25) is 0 Å². The van der Waals surface area contributed by atoms with Crippen molar-refractivity contribution in [1.82, 2.24) is 0 Å². The van der Waals surface area contributed by atoms with Crippen LogP contribution in [0.2, 0.25) is 0 Å². The van der Waals surface area contributed by atoms with Crippen molar-refractivity contribution in [2.45, 2.75) is 13.8 Å². The third-order valence-electron chi connectivity index (χ3n) is 7.00. The average molecular weight is 515 g/mol. The SMILES string of the molecule is C/C(=C\c1ccc(/C=C/c2ccccc2/C=C/c2ccc(/C=C(\C)c3ccccc3)cc2)cc1)c1ccccc1. The molecule has 5 aromatic rings. The molecule has 0 unspecified atom stereocenters. The van der Waals surface area contributed by atoms with Crippen molar-refractivity contribution in [3.05, 3.63) is 178 Å². The summed E-state index contributed by atoms with van der Waals surface area (Å²) in [4.78, 5) is 0. The standard InChI is InChI=1S/C40H34/c1-31(37-11-5-3-6-12-37)29-35-21-17-33(18-22-35)25-27-39-15-9-10-16-40(39)28-26-34-19-23-36(24-20-34)30-32(2)38-13-7-4-8-14-38/h3-30H,1-2H3/b27-25+,28-26+,31-29+,32-30+. The first-order valence-electron chi connectivity index (χ1n) is 13.8. The Hall–Kier alpha value is -4.94. The maximum Gasteiger partial charge on any atom is -0.0184 e. The van der Waals surface area contributed by atoms with E-state index in [1.807, 2.05) is 0 Å². The second-order valence-electron chi connectivity index (χ2n) is 10.0. The van der Waals surface area contributed by atoms with Crippen LogP contribution in [-0.4, -0.2) is 0 Å². The van der Waals surface area contributed by atoms with E-state index in [1.54, 1.807) is 0 Å². The molecule has 0 bridgehead atoms. The van der Waals surface area contributed by atoms with E-state index in [1.165, 1.54) is 55.7 Å². The Morgan fingerprint density at radius 1 is 0.350 bits per heavy atom. The molecule has 0 nitrogen and oxygen atoms in total. The summed E-state index contributed by atoms with van der Waals surface area (Å²) in [5.41, 5.74) is 12.2. The van der Waals surface area contributed by atoms with Crippen LogP contribution in [0, 0.1) is 0 Å². The summed E-state index contributed by atoms with van der Waals surface area (Å²) in [6.07, 6.45) is 13.2. The predicted molar refractivity (Wildman–Crippen MR) is 177 cm³/mol. The topological polar surface area (TPSA) is 0 Å². The largest absolute Gasteiger partial charge is 0.0622 e. The van der Waals surface area contributed by atoms with Crippen molar-refractivity contribution in [2.24, 2.45) is 0 Å². The van der Waals surface area contributed by atoms with E-state index in [4.69, 9.17) is 0 Å². The summed E-state index contributed by atoms with van der Waals surface area (Å²) in [5.74, 6) is 0. The fourth-order valence-electron chi connectivity index (χ4n) is 4.66. The number of allylic oxidation sites excluding steroid dienone is 2. The lowest BCUT2D eigenvalue weighted by molar-refractivity contribution is 1.56. The Bertz CT molecular complexity index is 1520. The molecule has 0 radical (unpaired) electrons. The van der Waals surface area contributed by atoms with Gasteiger partial charge in [0.25, 0.3) is 0 Å². The minimum atomic E-state index is 1.18. The van der Waals surface area contributed by atoms with Gasteiger partial charge in [0.2, 0.25) is 0 Å². The van der Waals surface area contributed by atoms with Crippen molar-refractivity contribution in [1.29, 1.82) is 0 Å². The zero-order chi connectivity index (χ0) is 27.6. The molecule has 0 aliphatic heterocycles.